The molecule has 2 fully saturated rings. The van der Waals surface area contributed by atoms with Crippen LogP contribution in [0.5, 0.6) is 11.5 Å². The van der Waals surface area contributed by atoms with Crippen molar-refractivity contribution in [2.75, 3.05) is 50.2 Å². The van der Waals surface area contributed by atoms with Crippen LogP contribution in [0.25, 0.3) is 0 Å². The molecule has 3 aliphatic heterocycles. The first kappa shape index (κ1) is 24.2. The van der Waals surface area contributed by atoms with Gasteiger partial charge in [-0.25, -0.2) is 4.90 Å². The first-order valence-electron chi connectivity index (χ1n) is 12.8. The molecule has 36 heavy (non-hydrogen) atoms. The number of ether oxygens (including phenoxy) is 2. The van der Waals surface area contributed by atoms with Crippen molar-refractivity contribution in [1.82, 2.24) is 4.90 Å². The normalized spacial score (nSPS) is 20.3. The standard InChI is InChI=1S/C28H33N3O5/c1-35-23-13-12-20(17-24(23)36-2)31-27(33)21-10-7-11-22(25(21)28(31)34)30-16-8-9-19(18-30)26(32)29-14-5-3-4-6-15-29/h7,10-13,17,19H,3-6,8-9,14-16,18H2,1-2H3/t19-/m1/s1. The Morgan fingerprint density at radius 1 is 0.861 bits per heavy atom. The van der Waals surface area contributed by atoms with Crippen molar-refractivity contribution in [1.29, 1.82) is 0 Å². The van der Waals surface area contributed by atoms with Crippen LogP contribution in [-0.2, 0) is 4.79 Å². The Labute approximate surface area is 211 Å². The van der Waals surface area contributed by atoms with Gasteiger partial charge in [0.05, 0.1) is 42.6 Å². The van der Waals surface area contributed by atoms with E-state index in [4.69, 9.17) is 9.47 Å². The van der Waals surface area contributed by atoms with Crippen molar-refractivity contribution >= 4 is 29.1 Å². The van der Waals surface area contributed by atoms with Gasteiger partial charge in [-0.05, 0) is 49.9 Å². The van der Waals surface area contributed by atoms with E-state index in [1.165, 1.54) is 32.0 Å². The summed E-state index contributed by atoms with van der Waals surface area (Å²) >= 11 is 0. The molecule has 2 saturated heterocycles. The number of nitrogens with zero attached hydrogens (tertiary/aromatic N) is 3. The summed E-state index contributed by atoms with van der Waals surface area (Å²) in [4.78, 5) is 45.7. The van der Waals surface area contributed by atoms with Crippen LogP contribution in [0.1, 0.15) is 59.2 Å². The molecule has 3 amide bonds. The molecular formula is C28H33N3O5. The van der Waals surface area contributed by atoms with Crippen LogP contribution < -0.4 is 19.3 Å². The molecule has 8 heteroatoms. The predicted molar refractivity (Wildman–Crippen MR) is 137 cm³/mol. The highest BCUT2D eigenvalue weighted by atomic mass is 16.5. The van der Waals surface area contributed by atoms with Crippen LogP contribution in [0, 0.1) is 5.92 Å². The number of imide groups is 1. The van der Waals surface area contributed by atoms with E-state index in [0.717, 1.165) is 51.0 Å². The summed E-state index contributed by atoms with van der Waals surface area (Å²) < 4.78 is 10.7. The molecule has 3 heterocycles. The lowest BCUT2D eigenvalue weighted by molar-refractivity contribution is -0.135. The SMILES string of the molecule is COc1ccc(N2C(=O)c3cccc(N4CCC[C@@H](C(=O)N5CCCCCC5)C4)c3C2=O)cc1OC. The molecule has 0 aliphatic carbocycles. The second kappa shape index (κ2) is 10.2. The van der Waals surface area contributed by atoms with Crippen molar-refractivity contribution in [3.05, 3.63) is 47.5 Å². The van der Waals surface area contributed by atoms with E-state index in [1.54, 1.807) is 24.3 Å². The van der Waals surface area contributed by atoms with Crippen molar-refractivity contribution < 1.29 is 23.9 Å². The Bertz CT molecular complexity index is 1170. The van der Waals surface area contributed by atoms with Gasteiger partial charge >= 0.3 is 0 Å². The van der Waals surface area contributed by atoms with E-state index in [2.05, 4.69) is 4.90 Å². The van der Waals surface area contributed by atoms with Gasteiger partial charge in [-0.3, -0.25) is 14.4 Å². The van der Waals surface area contributed by atoms with E-state index in [9.17, 15) is 14.4 Å². The highest BCUT2D eigenvalue weighted by molar-refractivity contribution is 6.36. The zero-order valence-corrected chi connectivity index (χ0v) is 21.0. The first-order chi connectivity index (χ1) is 17.5. The summed E-state index contributed by atoms with van der Waals surface area (Å²) in [5.74, 6) is 0.368. The molecule has 0 spiro atoms. The van der Waals surface area contributed by atoms with Crippen LogP contribution in [-0.4, -0.2) is 63.0 Å². The fourth-order valence-corrected chi connectivity index (χ4v) is 5.68. The molecule has 0 unspecified atom stereocenters. The van der Waals surface area contributed by atoms with Crippen LogP contribution in [0.4, 0.5) is 11.4 Å². The summed E-state index contributed by atoms with van der Waals surface area (Å²) in [5, 5.41) is 0. The molecule has 0 N–H and O–H groups in total. The Hall–Kier alpha value is -3.55. The van der Waals surface area contributed by atoms with Crippen LogP contribution in [0.3, 0.4) is 0 Å². The number of piperidine rings is 1. The smallest absolute Gasteiger partial charge is 0.268 e. The fraction of sp³-hybridized carbons (Fsp3) is 0.464. The summed E-state index contributed by atoms with van der Waals surface area (Å²) in [6.07, 6.45) is 6.22. The maximum atomic E-state index is 13.7. The fourth-order valence-electron chi connectivity index (χ4n) is 5.68. The molecular weight excluding hydrogens is 458 g/mol. The molecule has 2 aromatic carbocycles. The highest BCUT2D eigenvalue weighted by Crippen LogP contribution is 2.39. The second-order valence-corrected chi connectivity index (χ2v) is 9.71. The van der Waals surface area contributed by atoms with Crippen molar-refractivity contribution in [2.24, 2.45) is 5.92 Å². The van der Waals surface area contributed by atoms with Crippen molar-refractivity contribution in [2.45, 2.75) is 38.5 Å². The number of rotatable bonds is 5. The zero-order valence-electron chi connectivity index (χ0n) is 21.0. The van der Waals surface area contributed by atoms with Gasteiger partial charge in [0.25, 0.3) is 11.8 Å². The molecule has 0 aromatic heterocycles. The van der Waals surface area contributed by atoms with Crippen molar-refractivity contribution in [3.63, 3.8) is 0 Å². The number of hydrogen-bond donors (Lipinski definition) is 0. The number of amides is 3. The van der Waals surface area contributed by atoms with E-state index < -0.39 is 0 Å². The minimum atomic E-state index is -0.363. The van der Waals surface area contributed by atoms with Gasteiger partial charge in [0, 0.05) is 32.2 Å². The van der Waals surface area contributed by atoms with E-state index in [1.807, 2.05) is 17.0 Å². The quantitative estimate of drug-likeness (QED) is 0.586. The second-order valence-electron chi connectivity index (χ2n) is 9.71. The molecule has 0 bridgehead atoms. The molecule has 5 rings (SSSR count). The van der Waals surface area contributed by atoms with Gasteiger partial charge in [-0.1, -0.05) is 18.9 Å². The summed E-state index contributed by atoms with van der Waals surface area (Å²) in [7, 11) is 3.05. The zero-order chi connectivity index (χ0) is 25.2. The van der Waals surface area contributed by atoms with Crippen LogP contribution in [0.2, 0.25) is 0 Å². The number of benzene rings is 2. The van der Waals surface area contributed by atoms with Gasteiger partial charge in [0.15, 0.2) is 11.5 Å². The topological polar surface area (TPSA) is 79.4 Å². The van der Waals surface area contributed by atoms with Crippen LogP contribution in [0.15, 0.2) is 36.4 Å². The number of carbonyl (C=O) groups is 3. The lowest BCUT2D eigenvalue weighted by atomic mass is 9.94. The van der Waals surface area contributed by atoms with Crippen molar-refractivity contribution in [3.8, 4) is 11.5 Å². The maximum Gasteiger partial charge on any atom is 0.268 e. The third-order valence-corrected chi connectivity index (χ3v) is 7.55. The number of fused-ring (bicyclic) bond motifs is 1. The summed E-state index contributed by atoms with van der Waals surface area (Å²) in [6, 6.07) is 10.4. The molecule has 2 aromatic rings. The summed E-state index contributed by atoms with van der Waals surface area (Å²) in [6.45, 7) is 2.98. The minimum Gasteiger partial charge on any atom is -0.493 e. The Morgan fingerprint density at radius 3 is 2.33 bits per heavy atom. The van der Waals surface area contributed by atoms with Gasteiger partial charge < -0.3 is 19.3 Å². The number of likely N-dealkylation sites (tertiary alicyclic amines) is 1. The largest absolute Gasteiger partial charge is 0.493 e. The average molecular weight is 492 g/mol. The lowest BCUT2D eigenvalue weighted by Gasteiger charge is -2.36. The first-order valence-corrected chi connectivity index (χ1v) is 12.8. The van der Waals surface area contributed by atoms with Gasteiger partial charge in [-0.2, -0.15) is 0 Å². The number of carbonyl (C=O) groups excluding carboxylic acids is 3. The van der Waals surface area contributed by atoms with Gasteiger partial charge in [0.2, 0.25) is 5.91 Å². The molecule has 0 radical (unpaired) electrons. The Morgan fingerprint density at radius 2 is 1.61 bits per heavy atom. The Balaban J connectivity index is 1.41. The van der Waals surface area contributed by atoms with E-state index in [0.29, 0.717) is 34.9 Å². The average Bonchev–Trinajstić information content (AvgIpc) is 3.08. The van der Waals surface area contributed by atoms with E-state index in [-0.39, 0.29) is 23.6 Å². The lowest BCUT2D eigenvalue weighted by Crippen LogP contribution is -2.45. The molecule has 0 saturated carbocycles. The monoisotopic (exact) mass is 491 g/mol. The number of anilines is 2. The molecule has 1 atom stereocenters. The molecule has 3 aliphatic rings. The van der Waals surface area contributed by atoms with Gasteiger partial charge in [0.1, 0.15) is 0 Å². The maximum absolute atomic E-state index is 13.7. The predicted octanol–water partition coefficient (Wildman–Crippen LogP) is 4.12. The highest BCUT2D eigenvalue weighted by Gasteiger charge is 2.41. The third-order valence-electron chi connectivity index (χ3n) is 7.55. The van der Waals surface area contributed by atoms with Gasteiger partial charge in [-0.15, -0.1) is 0 Å². The third kappa shape index (κ3) is 4.29. The number of hydrogen-bond acceptors (Lipinski definition) is 6. The molecule has 190 valence electrons. The minimum absolute atomic E-state index is 0.0955. The summed E-state index contributed by atoms with van der Waals surface area (Å²) in [5.41, 5.74) is 1.94. The number of methoxy groups -OCH3 is 2. The molecule has 8 nitrogen and oxygen atoms in total. The van der Waals surface area contributed by atoms with Crippen LogP contribution >= 0.6 is 0 Å². The Kier molecular flexibility index (Phi) is 6.85. The van der Waals surface area contributed by atoms with E-state index >= 15 is 0 Å².